The van der Waals surface area contributed by atoms with Crippen LogP contribution in [0.25, 0.3) is 6.08 Å². The number of halogens is 2. The number of carbonyl (C=O) groups is 1. The molecule has 194 valence electrons. The van der Waals surface area contributed by atoms with Gasteiger partial charge in [-0.25, -0.2) is 18.6 Å². The Labute approximate surface area is 216 Å². The van der Waals surface area contributed by atoms with E-state index in [-0.39, 0.29) is 12.2 Å². The van der Waals surface area contributed by atoms with Gasteiger partial charge in [-0.1, -0.05) is 38.6 Å². The van der Waals surface area contributed by atoms with E-state index in [0.717, 1.165) is 11.6 Å². The predicted octanol–water partition coefficient (Wildman–Crippen LogP) is 6.53. The zero-order valence-corrected chi connectivity index (χ0v) is 21.5. The molecule has 0 bridgehead atoms. The largest absolute Gasteiger partial charge is 0.497 e. The number of methoxy groups -OCH3 is 2. The molecule has 6 nitrogen and oxygen atoms in total. The van der Waals surface area contributed by atoms with Crippen molar-refractivity contribution in [3.63, 3.8) is 0 Å². The van der Waals surface area contributed by atoms with Gasteiger partial charge in [0.2, 0.25) is 0 Å². The monoisotopic (exact) mass is 507 g/mol. The molecule has 0 atom stereocenters. The first-order valence-electron chi connectivity index (χ1n) is 11.9. The zero-order valence-electron chi connectivity index (χ0n) is 21.5. The number of rotatable bonds is 11. The molecule has 37 heavy (non-hydrogen) atoms. The first-order chi connectivity index (χ1) is 17.8. The number of hydrogen-bond donors (Lipinski definition) is 0. The average molecular weight is 508 g/mol. The van der Waals surface area contributed by atoms with Crippen LogP contribution in [0.3, 0.4) is 0 Å². The number of esters is 1. The van der Waals surface area contributed by atoms with Crippen molar-refractivity contribution in [3.05, 3.63) is 96.0 Å². The molecule has 2 aromatic carbocycles. The molecule has 1 heterocycles. The molecular formula is C29H31F2N3O3. The lowest BCUT2D eigenvalue weighted by molar-refractivity contribution is -0.134. The van der Waals surface area contributed by atoms with Crippen molar-refractivity contribution in [3.8, 4) is 5.75 Å². The van der Waals surface area contributed by atoms with Crippen LogP contribution in [-0.2, 0) is 21.5 Å². The second-order valence-corrected chi connectivity index (χ2v) is 8.42. The maximum Gasteiger partial charge on any atom is 0.330 e. The van der Waals surface area contributed by atoms with Crippen LogP contribution >= 0.6 is 0 Å². The van der Waals surface area contributed by atoms with Gasteiger partial charge in [-0.3, -0.25) is 4.98 Å². The third kappa shape index (κ3) is 6.20. The molecule has 0 fully saturated rings. The summed E-state index contributed by atoms with van der Waals surface area (Å²) in [6, 6.07) is 10.8. The Morgan fingerprint density at radius 1 is 1.11 bits per heavy atom. The fourth-order valence-electron chi connectivity index (χ4n) is 4.13. The third-order valence-electron chi connectivity index (χ3n) is 6.43. The van der Waals surface area contributed by atoms with Gasteiger partial charge in [-0.15, -0.1) is 0 Å². The summed E-state index contributed by atoms with van der Waals surface area (Å²) in [7, 11) is 2.89. The normalized spacial score (nSPS) is 11.4. The number of allylic oxidation sites excluding steroid dienone is 1. The van der Waals surface area contributed by atoms with Gasteiger partial charge in [0, 0.05) is 24.1 Å². The van der Waals surface area contributed by atoms with Crippen LogP contribution in [0.5, 0.6) is 5.75 Å². The first kappa shape index (κ1) is 27.5. The predicted molar refractivity (Wildman–Crippen MR) is 141 cm³/mol. The Hall–Kier alpha value is -4.07. The summed E-state index contributed by atoms with van der Waals surface area (Å²) < 4.78 is 38.8. The lowest BCUT2D eigenvalue weighted by Crippen LogP contribution is -2.28. The molecule has 0 saturated carbocycles. The lowest BCUT2D eigenvalue weighted by Gasteiger charge is -2.31. The van der Waals surface area contributed by atoms with E-state index in [9.17, 15) is 9.18 Å². The van der Waals surface area contributed by atoms with E-state index < -0.39 is 23.0 Å². The number of hydrogen-bond acceptors (Lipinski definition) is 6. The quantitative estimate of drug-likeness (QED) is 0.217. The first-order valence-corrected chi connectivity index (χ1v) is 11.9. The number of aromatic nitrogens is 2. The molecule has 3 rings (SSSR count). The van der Waals surface area contributed by atoms with Crippen LogP contribution in [-0.4, -0.2) is 30.2 Å². The summed E-state index contributed by atoms with van der Waals surface area (Å²) in [5.74, 6) is -0.839. The highest BCUT2D eigenvalue weighted by molar-refractivity contribution is 5.82. The van der Waals surface area contributed by atoms with Crippen LogP contribution in [0.2, 0.25) is 0 Å². The zero-order chi connectivity index (χ0) is 27.0. The molecule has 0 aliphatic rings. The highest BCUT2D eigenvalue weighted by Crippen LogP contribution is 2.37. The minimum absolute atomic E-state index is 0.146. The summed E-state index contributed by atoms with van der Waals surface area (Å²) >= 11 is 0. The van der Waals surface area contributed by atoms with Crippen LogP contribution in [0.1, 0.15) is 43.6 Å². The number of carbonyl (C=O) groups excluding carboxylic acids is 1. The Morgan fingerprint density at radius 2 is 1.81 bits per heavy atom. The number of ether oxygens (including phenoxy) is 2. The maximum atomic E-state index is 15.0. The molecule has 0 aliphatic heterocycles. The van der Waals surface area contributed by atoms with Crippen molar-refractivity contribution in [1.82, 2.24) is 9.97 Å². The average Bonchev–Trinajstić information content (AvgIpc) is 2.93. The molecule has 0 N–H and O–H groups in total. The van der Waals surface area contributed by atoms with Crippen molar-refractivity contribution in [2.24, 2.45) is 0 Å². The van der Waals surface area contributed by atoms with Crippen molar-refractivity contribution in [2.75, 3.05) is 19.1 Å². The van der Waals surface area contributed by atoms with E-state index in [4.69, 9.17) is 14.5 Å². The Morgan fingerprint density at radius 3 is 2.38 bits per heavy atom. The summed E-state index contributed by atoms with van der Waals surface area (Å²) in [5.41, 5.74) is 1.47. The van der Waals surface area contributed by atoms with Crippen LogP contribution < -0.4 is 9.64 Å². The van der Waals surface area contributed by atoms with Gasteiger partial charge in [-0.05, 0) is 48.7 Å². The number of nitrogens with zero attached hydrogens (tertiary/aromatic N) is 3. The van der Waals surface area contributed by atoms with Crippen LogP contribution in [0.15, 0.2) is 67.4 Å². The molecule has 8 heteroatoms. The molecule has 3 aromatic rings. The molecule has 0 radical (unpaired) electrons. The van der Waals surface area contributed by atoms with E-state index in [2.05, 4.69) is 11.6 Å². The van der Waals surface area contributed by atoms with Crippen LogP contribution in [0.4, 0.5) is 20.3 Å². The van der Waals surface area contributed by atoms with E-state index in [0.29, 0.717) is 35.8 Å². The Bertz CT molecular complexity index is 1270. The molecule has 0 aliphatic carbocycles. The van der Waals surface area contributed by atoms with Gasteiger partial charge in [0.1, 0.15) is 17.4 Å². The van der Waals surface area contributed by atoms with E-state index in [1.165, 1.54) is 31.5 Å². The van der Waals surface area contributed by atoms with Crippen molar-refractivity contribution in [1.29, 1.82) is 0 Å². The van der Waals surface area contributed by atoms with E-state index in [1.54, 1.807) is 24.2 Å². The minimum Gasteiger partial charge on any atom is -0.497 e. The van der Waals surface area contributed by atoms with Gasteiger partial charge in [0.25, 0.3) is 0 Å². The Balaban J connectivity index is 2.19. The van der Waals surface area contributed by atoms with E-state index in [1.807, 2.05) is 38.1 Å². The summed E-state index contributed by atoms with van der Waals surface area (Å²) in [5, 5.41) is 0. The molecule has 1 aromatic heterocycles. The van der Waals surface area contributed by atoms with Gasteiger partial charge in [0.15, 0.2) is 5.82 Å². The molecule has 0 amide bonds. The van der Waals surface area contributed by atoms with Crippen LogP contribution in [0, 0.1) is 11.6 Å². The molecular weight excluding hydrogens is 476 g/mol. The fraction of sp³-hybridized carbons (Fsp3) is 0.276. The molecule has 0 unspecified atom stereocenters. The summed E-state index contributed by atoms with van der Waals surface area (Å²) in [6.07, 6.45) is 7.50. The number of benzene rings is 2. The van der Waals surface area contributed by atoms with E-state index >= 15 is 4.39 Å². The Kier molecular flexibility index (Phi) is 9.11. The lowest BCUT2D eigenvalue weighted by atomic mass is 9.77. The molecule has 0 saturated heterocycles. The standard InChI is InChI=1S/C29H31F2N3O3/c1-6-24-28(29(7-2,8-3)16-15-27(35)37-5)33-26(18-32-24)34(25-14-11-21(30)17-23(25)31)19-20-9-12-22(36-4)13-10-20/h6,9-18H,1,7-8,19H2,2-5H3/b16-15+. The summed E-state index contributed by atoms with van der Waals surface area (Å²) in [4.78, 5) is 23.0. The smallest absolute Gasteiger partial charge is 0.330 e. The van der Waals surface area contributed by atoms with Crippen molar-refractivity contribution < 1.29 is 23.0 Å². The fourth-order valence-corrected chi connectivity index (χ4v) is 4.13. The second-order valence-electron chi connectivity index (χ2n) is 8.42. The maximum absolute atomic E-state index is 15.0. The second kappa shape index (κ2) is 12.3. The SMILES string of the molecule is C=Cc1ncc(N(Cc2ccc(OC)cc2)c2ccc(F)cc2F)nc1C(/C=C/C(=O)OC)(CC)CC. The minimum atomic E-state index is -0.729. The van der Waals surface area contributed by atoms with Gasteiger partial charge >= 0.3 is 5.97 Å². The van der Waals surface area contributed by atoms with Crippen molar-refractivity contribution >= 4 is 23.6 Å². The number of anilines is 2. The van der Waals surface area contributed by atoms with Gasteiger partial charge in [-0.2, -0.15) is 0 Å². The van der Waals surface area contributed by atoms with Crippen molar-refractivity contribution in [2.45, 2.75) is 38.6 Å². The third-order valence-corrected chi connectivity index (χ3v) is 6.43. The van der Waals surface area contributed by atoms with Gasteiger partial charge < -0.3 is 14.4 Å². The van der Waals surface area contributed by atoms with Gasteiger partial charge in [0.05, 0.1) is 37.5 Å². The molecule has 0 spiro atoms. The highest BCUT2D eigenvalue weighted by atomic mass is 19.1. The highest BCUT2D eigenvalue weighted by Gasteiger charge is 2.31. The summed E-state index contributed by atoms with van der Waals surface area (Å²) in [6.45, 7) is 8.09. The topological polar surface area (TPSA) is 64.5 Å².